The largest absolute Gasteiger partial charge is 0.497 e. The first-order valence-corrected chi connectivity index (χ1v) is 8.87. The van der Waals surface area contributed by atoms with Crippen molar-refractivity contribution in [1.29, 1.82) is 0 Å². The summed E-state index contributed by atoms with van der Waals surface area (Å²) in [6, 6.07) is 7.29. The average molecular weight is 394 g/mol. The first-order valence-electron chi connectivity index (χ1n) is 8.87. The molecule has 2 amide bonds. The second-order valence-corrected chi connectivity index (χ2v) is 6.33. The number of hydrogen-bond acceptors (Lipinski definition) is 5. The molecule has 2 N–H and O–H groups in total. The second-order valence-electron chi connectivity index (χ2n) is 6.33. The lowest BCUT2D eigenvalue weighted by molar-refractivity contribution is -0.111. The zero-order valence-electron chi connectivity index (χ0n) is 16.4. The first kappa shape index (κ1) is 19.9. The Balaban J connectivity index is 1.64. The number of benzene rings is 1. The van der Waals surface area contributed by atoms with Crippen LogP contribution in [-0.2, 0) is 25.4 Å². The molecular weight excluding hydrogens is 372 g/mol. The molecule has 2 heterocycles. The van der Waals surface area contributed by atoms with Crippen LogP contribution in [0.3, 0.4) is 0 Å². The van der Waals surface area contributed by atoms with Crippen LogP contribution in [0.2, 0.25) is 0 Å². The molecule has 9 nitrogen and oxygen atoms in total. The van der Waals surface area contributed by atoms with Gasteiger partial charge in [0.1, 0.15) is 11.4 Å². The lowest BCUT2D eigenvalue weighted by Crippen LogP contribution is -2.26. The molecule has 0 saturated heterocycles. The van der Waals surface area contributed by atoms with E-state index < -0.39 is 0 Å². The Kier molecular flexibility index (Phi) is 6.08. The summed E-state index contributed by atoms with van der Waals surface area (Å²) >= 11 is 0. The smallest absolute Gasteiger partial charge is 0.271 e. The Labute approximate surface area is 168 Å². The van der Waals surface area contributed by atoms with Crippen molar-refractivity contribution < 1.29 is 14.3 Å². The van der Waals surface area contributed by atoms with E-state index in [1.165, 1.54) is 17.0 Å². The number of nitrogens with one attached hydrogen (secondary N) is 2. The zero-order valence-corrected chi connectivity index (χ0v) is 16.4. The third-order valence-corrected chi connectivity index (χ3v) is 4.17. The molecule has 150 valence electrons. The number of methoxy groups -OCH3 is 1. The van der Waals surface area contributed by atoms with Gasteiger partial charge in [0.25, 0.3) is 5.91 Å². The van der Waals surface area contributed by atoms with Gasteiger partial charge in [-0.05, 0) is 23.8 Å². The number of aryl methyl sites for hydroxylation is 2. The maximum atomic E-state index is 12.6. The van der Waals surface area contributed by atoms with Crippen LogP contribution in [-0.4, -0.2) is 38.5 Å². The molecule has 0 aliphatic heterocycles. The fourth-order valence-corrected chi connectivity index (χ4v) is 2.69. The van der Waals surface area contributed by atoms with Gasteiger partial charge in [-0.25, -0.2) is 0 Å². The highest BCUT2D eigenvalue weighted by molar-refractivity contribution is 6.06. The van der Waals surface area contributed by atoms with Gasteiger partial charge in [-0.15, -0.1) is 0 Å². The number of carbonyl (C=O) groups is 2. The average Bonchev–Trinajstić information content (AvgIpc) is 3.30. The van der Waals surface area contributed by atoms with Gasteiger partial charge in [0.05, 0.1) is 25.2 Å². The predicted octanol–water partition coefficient (Wildman–Crippen LogP) is 1.74. The van der Waals surface area contributed by atoms with Crippen LogP contribution in [0.1, 0.15) is 21.6 Å². The van der Waals surface area contributed by atoms with E-state index in [-0.39, 0.29) is 17.5 Å². The molecule has 0 aliphatic rings. The normalized spacial score (nSPS) is 10.9. The van der Waals surface area contributed by atoms with Crippen LogP contribution in [0.4, 0.5) is 5.69 Å². The van der Waals surface area contributed by atoms with Crippen molar-refractivity contribution in [1.82, 2.24) is 24.9 Å². The molecule has 0 spiro atoms. The number of carbonyl (C=O) groups excluding carboxylic acids is 2. The van der Waals surface area contributed by atoms with Crippen LogP contribution in [0.25, 0.3) is 6.08 Å². The van der Waals surface area contributed by atoms with Gasteiger partial charge in [-0.1, -0.05) is 12.1 Å². The number of amides is 2. The number of nitrogens with zero attached hydrogens (tertiary/aromatic N) is 4. The summed E-state index contributed by atoms with van der Waals surface area (Å²) in [6.45, 7) is 0.322. The quantitative estimate of drug-likeness (QED) is 0.594. The van der Waals surface area contributed by atoms with Crippen molar-refractivity contribution in [3.63, 3.8) is 0 Å². The summed E-state index contributed by atoms with van der Waals surface area (Å²) in [7, 11) is 5.04. The molecule has 2 aromatic heterocycles. The molecule has 0 fully saturated rings. The summed E-state index contributed by atoms with van der Waals surface area (Å²) in [6.07, 6.45) is 8.00. The maximum absolute atomic E-state index is 12.6. The van der Waals surface area contributed by atoms with Crippen molar-refractivity contribution in [2.45, 2.75) is 6.54 Å². The van der Waals surface area contributed by atoms with E-state index >= 15 is 0 Å². The van der Waals surface area contributed by atoms with Gasteiger partial charge in [0.15, 0.2) is 0 Å². The molecule has 0 aliphatic carbocycles. The van der Waals surface area contributed by atoms with Gasteiger partial charge in [0.2, 0.25) is 5.91 Å². The Bertz CT molecular complexity index is 1030. The fraction of sp³-hybridized carbons (Fsp3) is 0.200. The van der Waals surface area contributed by atoms with Crippen molar-refractivity contribution in [3.05, 3.63) is 65.8 Å². The molecule has 3 rings (SSSR count). The Morgan fingerprint density at radius 1 is 1.14 bits per heavy atom. The minimum absolute atomic E-state index is 0.264. The van der Waals surface area contributed by atoms with Gasteiger partial charge in [-0.2, -0.15) is 10.2 Å². The molecule has 0 radical (unpaired) electrons. The summed E-state index contributed by atoms with van der Waals surface area (Å²) in [5.41, 5.74) is 2.32. The molecule has 0 saturated carbocycles. The third kappa shape index (κ3) is 5.10. The van der Waals surface area contributed by atoms with Crippen molar-refractivity contribution in [2.24, 2.45) is 14.1 Å². The topological polar surface area (TPSA) is 103 Å². The van der Waals surface area contributed by atoms with Crippen LogP contribution in [0.15, 0.2) is 48.9 Å². The Hall–Kier alpha value is -3.88. The zero-order chi connectivity index (χ0) is 20.8. The monoisotopic (exact) mass is 394 g/mol. The summed E-state index contributed by atoms with van der Waals surface area (Å²) in [4.78, 5) is 24.8. The highest BCUT2D eigenvalue weighted by Gasteiger charge is 2.18. The van der Waals surface area contributed by atoms with E-state index in [1.807, 2.05) is 30.5 Å². The summed E-state index contributed by atoms with van der Waals surface area (Å²) < 4.78 is 8.18. The molecule has 0 atom stereocenters. The van der Waals surface area contributed by atoms with E-state index in [4.69, 9.17) is 4.74 Å². The van der Waals surface area contributed by atoms with Crippen molar-refractivity contribution >= 4 is 23.6 Å². The van der Waals surface area contributed by atoms with Gasteiger partial charge in [0, 0.05) is 38.5 Å². The molecule has 0 unspecified atom stereocenters. The predicted molar refractivity (Wildman–Crippen MR) is 108 cm³/mol. The lowest BCUT2D eigenvalue weighted by Gasteiger charge is -2.07. The van der Waals surface area contributed by atoms with E-state index in [0.29, 0.717) is 12.2 Å². The minimum atomic E-state index is -0.366. The van der Waals surface area contributed by atoms with E-state index in [0.717, 1.165) is 16.9 Å². The number of hydrogen-bond donors (Lipinski definition) is 2. The summed E-state index contributed by atoms with van der Waals surface area (Å²) in [5.74, 6) is 0.0299. The van der Waals surface area contributed by atoms with Crippen LogP contribution < -0.4 is 15.4 Å². The summed E-state index contributed by atoms with van der Waals surface area (Å²) in [5, 5.41) is 13.6. The minimum Gasteiger partial charge on any atom is -0.497 e. The van der Waals surface area contributed by atoms with Crippen LogP contribution in [0, 0.1) is 0 Å². The number of anilines is 1. The van der Waals surface area contributed by atoms with Gasteiger partial charge < -0.3 is 15.4 Å². The molecule has 9 heteroatoms. The van der Waals surface area contributed by atoms with E-state index in [1.54, 1.807) is 38.2 Å². The first-order chi connectivity index (χ1) is 14.0. The highest BCUT2D eigenvalue weighted by Crippen LogP contribution is 2.15. The standard InChI is InChI=1S/C20H22N6O3/c1-25-13-15(11-22-25)10-21-20(28)19-17(12-23-26(19)2)24-18(27)9-6-14-4-7-16(29-3)8-5-14/h4-9,11-13H,10H2,1-3H3,(H,21,28)(H,24,27)/b9-6+. The SMILES string of the molecule is COc1ccc(/C=C/C(=O)Nc2cnn(C)c2C(=O)NCc2cnn(C)c2)cc1. The third-order valence-electron chi connectivity index (χ3n) is 4.17. The fourth-order valence-electron chi connectivity index (χ4n) is 2.69. The molecule has 0 bridgehead atoms. The number of aromatic nitrogens is 4. The molecule has 3 aromatic rings. The molecular formula is C20H22N6O3. The maximum Gasteiger partial charge on any atom is 0.271 e. The van der Waals surface area contributed by atoms with E-state index in [9.17, 15) is 9.59 Å². The van der Waals surface area contributed by atoms with Crippen LogP contribution >= 0.6 is 0 Å². The lowest BCUT2D eigenvalue weighted by atomic mass is 10.2. The highest BCUT2D eigenvalue weighted by atomic mass is 16.5. The van der Waals surface area contributed by atoms with Crippen molar-refractivity contribution in [2.75, 3.05) is 12.4 Å². The molecule has 29 heavy (non-hydrogen) atoms. The number of ether oxygens (including phenoxy) is 1. The number of rotatable bonds is 7. The van der Waals surface area contributed by atoms with Crippen LogP contribution in [0.5, 0.6) is 5.75 Å². The Morgan fingerprint density at radius 2 is 1.90 bits per heavy atom. The second kappa shape index (κ2) is 8.87. The van der Waals surface area contributed by atoms with Gasteiger partial charge in [-0.3, -0.25) is 19.0 Å². The Morgan fingerprint density at radius 3 is 2.55 bits per heavy atom. The molecule has 1 aromatic carbocycles. The van der Waals surface area contributed by atoms with Gasteiger partial charge >= 0.3 is 0 Å². The van der Waals surface area contributed by atoms with E-state index in [2.05, 4.69) is 20.8 Å². The van der Waals surface area contributed by atoms with Crippen molar-refractivity contribution in [3.8, 4) is 5.75 Å².